The number of nitrogen functional groups attached to an aromatic ring is 1. The Morgan fingerprint density at radius 1 is 1.18 bits per heavy atom. The second-order valence-electron chi connectivity index (χ2n) is 7.52. The van der Waals surface area contributed by atoms with Crippen LogP contribution in [0.2, 0.25) is 0 Å². The summed E-state index contributed by atoms with van der Waals surface area (Å²) in [7, 11) is 0. The molecule has 0 bridgehead atoms. The number of H-pyrrole nitrogens is 1. The molecule has 2 aromatic heterocycles. The van der Waals surface area contributed by atoms with Gasteiger partial charge in [-0.25, -0.2) is 14.8 Å². The van der Waals surface area contributed by atoms with E-state index in [-0.39, 0.29) is 42.1 Å². The van der Waals surface area contributed by atoms with Gasteiger partial charge in [-0.3, -0.25) is 19.4 Å². The number of alkyl halides is 3. The monoisotopic (exact) mass is 838 g/mol. The maximum atomic E-state index is 12.5. The van der Waals surface area contributed by atoms with Crippen LogP contribution in [0.4, 0.5) is 11.6 Å². The first-order valence-corrected chi connectivity index (χ1v) is 11.7. The molecule has 210 valence electrons. The van der Waals surface area contributed by atoms with Crippen molar-refractivity contribution in [2.45, 2.75) is 29.2 Å². The van der Waals surface area contributed by atoms with Crippen molar-refractivity contribution in [3.05, 3.63) is 52.1 Å². The number of hydrogen-bond acceptors (Lipinski definition) is 10. The van der Waals surface area contributed by atoms with E-state index in [1.165, 1.54) is 18.3 Å². The number of rotatable bonds is 9. The predicted molar refractivity (Wildman–Crippen MR) is 138 cm³/mol. The van der Waals surface area contributed by atoms with Gasteiger partial charge in [0, 0.05) is 17.7 Å². The van der Waals surface area contributed by atoms with Crippen molar-refractivity contribution in [2.75, 3.05) is 11.1 Å². The molecule has 0 aliphatic carbocycles. The Hall–Kier alpha value is -5.12. The van der Waals surface area contributed by atoms with E-state index in [0.717, 1.165) is 0 Å². The van der Waals surface area contributed by atoms with Gasteiger partial charge in [0.2, 0.25) is 5.95 Å². The minimum Gasteiger partial charge on any atom is -0.480 e. The third-order valence-corrected chi connectivity index (χ3v) is 4.99. The average Bonchev–Trinajstić information content (AvgIpc) is 2.84. The Kier molecular flexibility index (Phi) is 9.96. The van der Waals surface area contributed by atoms with Crippen LogP contribution >= 0.6 is 34.8 Å². The SMILES string of the molecule is Nc1nc2ncc(CNc3ccc(C(=O)NC(CCC(=O)OC#CC(Cl)(Cl)Cl)C(=O)O)cc3)nc2c(=O)[nH]1.[Fm]. The number of fused-ring (bicyclic) bond motifs is 1. The van der Waals surface area contributed by atoms with E-state index in [9.17, 15) is 24.3 Å². The Bertz CT molecular complexity index is 1490. The molecule has 0 saturated heterocycles. The number of aromatic amines is 1. The average molecular weight is 840 g/mol. The number of esters is 1. The largest absolute Gasteiger partial charge is 0.480 e. The van der Waals surface area contributed by atoms with Crippen LogP contribution in [0.5, 0.6) is 0 Å². The van der Waals surface area contributed by atoms with Gasteiger partial charge in [0.05, 0.1) is 18.4 Å². The van der Waals surface area contributed by atoms with Crippen LogP contribution in [0.15, 0.2) is 35.3 Å². The minimum absolute atomic E-state index is 0. The van der Waals surface area contributed by atoms with Gasteiger partial charge in [-0.1, -0.05) is 34.8 Å². The number of nitrogens with one attached hydrogen (secondary N) is 3. The Labute approximate surface area is 229 Å². The quantitative estimate of drug-likeness (QED) is 0.119. The third kappa shape index (κ3) is 9.04. The molecule has 6 N–H and O–H groups in total. The summed E-state index contributed by atoms with van der Waals surface area (Å²) in [4.78, 5) is 62.3. The normalized spacial score (nSPS) is 11.4. The molecule has 0 fully saturated rings. The number of carboxylic acids is 1. The Morgan fingerprint density at radius 2 is 1.87 bits per heavy atom. The van der Waals surface area contributed by atoms with E-state index in [4.69, 9.17) is 40.5 Å². The summed E-state index contributed by atoms with van der Waals surface area (Å²) in [6, 6.07) is 4.76. The number of hydrogen-bond donors (Lipinski definition) is 5. The van der Waals surface area contributed by atoms with Crippen LogP contribution in [0.25, 0.3) is 11.2 Å². The number of halogens is 3. The topological polar surface area (TPSA) is 202 Å². The molecule has 3 rings (SSSR count). The smallest absolute Gasteiger partial charge is 0.326 e. The number of carbonyl (C=O) groups is 3. The van der Waals surface area contributed by atoms with Crippen molar-refractivity contribution >= 4 is 75.4 Å². The molecule has 17 heteroatoms. The molecule has 13 nitrogen and oxygen atoms in total. The van der Waals surface area contributed by atoms with Gasteiger partial charge in [0.1, 0.15) is 12.1 Å². The van der Waals surface area contributed by atoms with Gasteiger partial charge >= 0.3 is 11.9 Å². The summed E-state index contributed by atoms with van der Waals surface area (Å²) < 4.78 is 2.61. The number of anilines is 2. The zero-order chi connectivity index (χ0) is 27.9. The van der Waals surface area contributed by atoms with Crippen molar-refractivity contribution in [3.8, 4) is 12.0 Å². The molecule has 0 aliphatic rings. The van der Waals surface area contributed by atoms with Crippen LogP contribution in [0.3, 0.4) is 0 Å². The van der Waals surface area contributed by atoms with Crippen LogP contribution < -0.4 is 21.9 Å². The summed E-state index contributed by atoms with van der Waals surface area (Å²) in [5, 5.41) is 14.8. The number of nitrogens with zero attached hydrogens (tertiary/aromatic N) is 3. The van der Waals surface area contributed by atoms with Gasteiger partial charge in [-0.15, -0.1) is 0 Å². The molecule has 1 atom stereocenters. The molecule has 1 amide bonds. The first kappa shape index (κ1) is 30.1. The van der Waals surface area contributed by atoms with Crippen molar-refractivity contribution in [2.24, 2.45) is 0 Å². The molecular weight excluding hydrogens is 822 g/mol. The van der Waals surface area contributed by atoms with E-state index >= 15 is 0 Å². The van der Waals surface area contributed by atoms with Gasteiger partial charge in [-0.2, -0.15) is 4.98 Å². The Balaban J connectivity index is 0.00000533. The van der Waals surface area contributed by atoms with Crippen molar-refractivity contribution in [3.63, 3.8) is 0 Å². The maximum Gasteiger partial charge on any atom is 0.326 e. The van der Waals surface area contributed by atoms with Crippen LogP contribution in [-0.2, 0) is 20.9 Å². The molecule has 2 heterocycles. The van der Waals surface area contributed by atoms with Crippen LogP contribution in [0, 0.1) is 12.0 Å². The van der Waals surface area contributed by atoms with E-state index in [1.807, 2.05) is 12.0 Å². The molecule has 39 heavy (non-hydrogen) atoms. The van der Waals surface area contributed by atoms with Crippen molar-refractivity contribution in [1.82, 2.24) is 25.3 Å². The molecule has 1 aromatic carbocycles. The number of carboxylic acid groups (broad SMARTS) is 1. The standard InChI is InChI=1S/C22H18Cl3N7O6.Fm/c23-22(24,25)7-8-38-15(33)6-5-14(20(36)37)30-18(34)11-1-3-12(4-2-11)27-9-13-10-28-17-16(29-13)19(35)32-21(26)31-17;/h1-4,10,14,27H,5-6,9H2,(H,30,34)(H,36,37)(H3,26,28,31,32,35);. The molecular formula is C22H18Cl3FmN7O6. The number of nitrogens with two attached hydrogens (primary N) is 1. The van der Waals surface area contributed by atoms with Crippen LogP contribution in [-0.4, -0.2) is 52.7 Å². The molecule has 3 aromatic rings. The van der Waals surface area contributed by atoms with Crippen LogP contribution in [0.1, 0.15) is 28.9 Å². The van der Waals surface area contributed by atoms with Gasteiger partial charge in [-0.05, 0) is 36.6 Å². The summed E-state index contributed by atoms with van der Waals surface area (Å²) >= 11 is 16.2. The summed E-state index contributed by atoms with van der Waals surface area (Å²) in [5.41, 5.74) is 6.39. The first-order chi connectivity index (χ1) is 17.9. The van der Waals surface area contributed by atoms with Gasteiger partial charge < -0.3 is 26.2 Å². The first-order valence-electron chi connectivity index (χ1n) is 10.6. The molecule has 0 spiro atoms. The number of amides is 1. The number of ether oxygens (including phenoxy) is 1. The Morgan fingerprint density at radius 3 is 2.51 bits per heavy atom. The summed E-state index contributed by atoms with van der Waals surface area (Å²) in [6.07, 6.45) is 2.74. The van der Waals surface area contributed by atoms with E-state index < -0.39 is 33.2 Å². The fourth-order valence-electron chi connectivity index (χ4n) is 2.94. The molecule has 1 unspecified atom stereocenters. The molecule has 0 saturated carbocycles. The molecule has 0 radical (unpaired) electrons. The van der Waals surface area contributed by atoms with Gasteiger partial charge in [0.25, 0.3) is 15.3 Å². The zero-order valence-electron chi connectivity index (χ0n) is 19.4. The minimum atomic E-state index is -1.93. The van der Waals surface area contributed by atoms with E-state index in [0.29, 0.717) is 11.4 Å². The number of benzene rings is 1. The number of aromatic nitrogens is 4. The second-order valence-corrected chi connectivity index (χ2v) is 9.80. The van der Waals surface area contributed by atoms with Gasteiger partial charge in [0.15, 0.2) is 11.2 Å². The number of carbonyl (C=O) groups excluding carboxylic acids is 2. The molecule has 0 aliphatic heterocycles. The summed E-state index contributed by atoms with van der Waals surface area (Å²) in [5.74, 6) is -0.894. The fraction of sp³-hybridized carbons (Fsp3) is 0.227. The fourth-order valence-corrected chi connectivity index (χ4v) is 3.06. The summed E-state index contributed by atoms with van der Waals surface area (Å²) in [6.45, 7) is 0.210. The zero-order valence-corrected chi connectivity index (χ0v) is 24.1. The number of aliphatic carboxylic acids is 1. The maximum absolute atomic E-state index is 12.5. The van der Waals surface area contributed by atoms with E-state index in [1.54, 1.807) is 12.1 Å². The van der Waals surface area contributed by atoms with Crippen molar-refractivity contribution < 1.29 is 24.2 Å². The second kappa shape index (κ2) is 12.9. The predicted octanol–water partition coefficient (Wildman–Crippen LogP) is 1.74. The van der Waals surface area contributed by atoms with Crippen molar-refractivity contribution in [1.29, 1.82) is 0 Å². The third-order valence-electron chi connectivity index (χ3n) is 4.71. The van der Waals surface area contributed by atoms with E-state index in [2.05, 4.69) is 35.3 Å².